The Balaban J connectivity index is 2.34. The van der Waals surface area contributed by atoms with Gasteiger partial charge in [-0.3, -0.25) is 0 Å². The molecular weight excluding hydrogens is 218 g/mol. The molecule has 0 spiro atoms. The third-order valence-corrected chi connectivity index (χ3v) is 3.26. The summed E-state index contributed by atoms with van der Waals surface area (Å²) in [6, 6.07) is 5.76. The Morgan fingerprint density at radius 2 is 2.18 bits per heavy atom. The zero-order chi connectivity index (χ0) is 12.3. The third kappa shape index (κ3) is 2.37. The summed E-state index contributed by atoms with van der Waals surface area (Å²) in [6.07, 6.45) is 1.02. The van der Waals surface area contributed by atoms with E-state index in [0.29, 0.717) is 12.5 Å². The molecule has 0 aliphatic carbocycles. The molecule has 0 radical (unpaired) electrons. The van der Waals surface area contributed by atoms with Crippen LogP contribution in [-0.4, -0.2) is 27.4 Å². The Hall–Kier alpha value is -1.26. The normalized spacial score (nSPS) is 23.7. The predicted octanol–water partition coefficient (Wildman–Crippen LogP) is 1.74. The van der Waals surface area contributed by atoms with Gasteiger partial charge in [0.05, 0.1) is 20.3 Å². The first-order valence-corrected chi connectivity index (χ1v) is 5.83. The van der Waals surface area contributed by atoms with Crippen molar-refractivity contribution in [1.82, 2.24) is 0 Å². The molecule has 4 heteroatoms. The molecule has 2 N–H and O–H groups in total. The first kappa shape index (κ1) is 12.2. The Morgan fingerprint density at radius 3 is 2.82 bits per heavy atom. The average molecular weight is 237 g/mol. The van der Waals surface area contributed by atoms with Crippen LogP contribution in [0.1, 0.15) is 18.1 Å². The van der Waals surface area contributed by atoms with Gasteiger partial charge < -0.3 is 19.9 Å². The van der Waals surface area contributed by atoms with Crippen LogP contribution < -0.4 is 15.2 Å². The van der Waals surface area contributed by atoms with Gasteiger partial charge in [-0.2, -0.15) is 0 Å². The highest BCUT2D eigenvalue weighted by Gasteiger charge is 2.31. The molecule has 0 aromatic heterocycles. The second-order valence-electron chi connectivity index (χ2n) is 4.18. The minimum absolute atomic E-state index is 0.0186. The van der Waals surface area contributed by atoms with Gasteiger partial charge in [0.1, 0.15) is 11.5 Å². The standard InChI is InChI=1S/C13H19NO3/c1-15-10-3-4-12(16-2)11(7-10)13-9(8-14)5-6-17-13/h3-4,7,9,13H,5-6,8,14H2,1-2H3. The van der Waals surface area contributed by atoms with E-state index in [1.54, 1.807) is 14.2 Å². The van der Waals surface area contributed by atoms with E-state index in [9.17, 15) is 0 Å². The second-order valence-corrected chi connectivity index (χ2v) is 4.18. The molecule has 1 aromatic carbocycles. The molecule has 17 heavy (non-hydrogen) atoms. The fourth-order valence-electron chi connectivity index (χ4n) is 2.28. The minimum atomic E-state index is 0.0186. The van der Waals surface area contributed by atoms with Crippen molar-refractivity contribution < 1.29 is 14.2 Å². The van der Waals surface area contributed by atoms with E-state index in [1.165, 1.54) is 0 Å². The van der Waals surface area contributed by atoms with E-state index < -0.39 is 0 Å². The third-order valence-electron chi connectivity index (χ3n) is 3.26. The van der Waals surface area contributed by atoms with Crippen molar-refractivity contribution in [2.45, 2.75) is 12.5 Å². The monoisotopic (exact) mass is 237 g/mol. The van der Waals surface area contributed by atoms with Gasteiger partial charge >= 0.3 is 0 Å². The summed E-state index contributed by atoms with van der Waals surface area (Å²) in [5.74, 6) is 2.00. The quantitative estimate of drug-likeness (QED) is 0.866. The molecule has 4 nitrogen and oxygen atoms in total. The van der Waals surface area contributed by atoms with E-state index in [-0.39, 0.29) is 6.10 Å². The summed E-state index contributed by atoms with van der Waals surface area (Å²) in [6.45, 7) is 1.39. The van der Waals surface area contributed by atoms with Crippen molar-refractivity contribution in [3.63, 3.8) is 0 Å². The SMILES string of the molecule is COc1ccc(OC)c(C2OCCC2CN)c1. The van der Waals surface area contributed by atoms with Crippen LogP contribution in [-0.2, 0) is 4.74 Å². The molecule has 1 heterocycles. The van der Waals surface area contributed by atoms with Crippen LogP contribution in [0.5, 0.6) is 11.5 Å². The summed E-state index contributed by atoms with van der Waals surface area (Å²) in [7, 11) is 3.32. The van der Waals surface area contributed by atoms with Gasteiger partial charge in [0.15, 0.2) is 0 Å². The molecule has 1 aliphatic rings. The lowest BCUT2D eigenvalue weighted by Crippen LogP contribution is -2.18. The van der Waals surface area contributed by atoms with E-state index in [2.05, 4.69) is 0 Å². The topological polar surface area (TPSA) is 53.7 Å². The highest BCUT2D eigenvalue weighted by molar-refractivity contribution is 5.42. The summed E-state index contributed by atoms with van der Waals surface area (Å²) in [4.78, 5) is 0. The zero-order valence-electron chi connectivity index (χ0n) is 10.3. The molecule has 2 rings (SSSR count). The number of benzene rings is 1. The van der Waals surface area contributed by atoms with E-state index >= 15 is 0 Å². The smallest absolute Gasteiger partial charge is 0.124 e. The van der Waals surface area contributed by atoms with Gasteiger partial charge in [0.25, 0.3) is 0 Å². The molecule has 0 amide bonds. The molecule has 2 unspecified atom stereocenters. The summed E-state index contributed by atoms with van der Waals surface area (Å²) in [5, 5.41) is 0. The number of hydrogen-bond donors (Lipinski definition) is 1. The predicted molar refractivity (Wildman–Crippen MR) is 65.4 cm³/mol. The largest absolute Gasteiger partial charge is 0.497 e. The molecule has 94 valence electrons. The average Bonchev–Trinajstić information content (AvgIpc) is 2.86. The van der Waals surface area contributed by atoms with Gasteiger partial charge in [-0.1, -0.05) is 0 Å². The molecule has 0 saturated carbocycles. The second kappa shape index (κ2) is 5.38. The van der Waals surface area contributed by atoms with Crippen LogP contribution in [0.15, 0.2) is 18.2 Å². The number of hydrogen-bond acceptors (Lipinski definition) is 4. The molecule has 1 aliphatic heterocycles. The highest BCUT2D eigenvalue weighted by Crippen LogP contribution is 2.39. The Morgan fingerprint density at radius 1 is 1.35 bits per heavy atom. The Bertz CT molecular complexity index is 381. The van der Waals surface area contributed by atoms with Crippen molar-refractivity contribution in [3.8, 4) is 11.5 Å². The number of methoxy groups -OCH3 is 2. The molecule has 1 fully saturated rings. The van der Waals surface area contributed by atoms with Gasteiger partial charge in [0, 0.05) is 18.1 Å². The van der Waals surface area contributed by atoms with E-state index in [1.807, 2.05) is 18.2 Å². The lowest BCUT2D eigenvalue weighted by atomic mass is 9.94. The lowest BCUT2D eigenvalue weighted by molar-refractivity contribution is 0.0900. The van der Waals surface area contributed by atoms with E-state index in [4.69, 9.17) is 19.9 Å². The molecular formula is C13H19NO3. The first-order chi connectivity index (χ1) is 8.30. The van der Waals surface area contributed by atoms with Crippen LogP contribution in [0, 0.1) is 5.92 Å². The molecule has 1 aromatic rings. The van der Waals surface area contributed by atoms with E-state index in [0.717, 1.165) is 30.1 Å². The highest BCUT2D eigenvalue weighted by atomic mass is 16.5. The number of rotatable bonds is 4. The van der Waals surface area contributed by atoms with Gasteiger partial charge in [-0.25, -0.2) is 0 Å². The van der Waals surface area contributed by atoms with Gasteiger partial charge in [-0.05, 0) is 31.2 Å². The first-order valence-electron chi connectivity index (χ1n) is 5.83. The van der Waals surface area contributed by atoms with Crippen LogP contribution in [0.3, 0.4) is 0 Å². The van der Waals surface area contributed by atoms with Gasteiger partial charge in [0.2, 0.25) is 0 Å². The number of nitrogens with two attached hydrogens (primary N) is 1. The van der Waals surface area contributed by atoms with Crippen LogP contribution in [0.4, 0.5) is 0 Å². The van der Waals surface area contributed by atoms with Crippen LogP contribution in [0.25, 0.3) is 0 Å². The van der Waals surface area contributed by atoms with Crippen molar-refractivity contribution in [2.24, 2.45) is 11.7 Å². The van der Waals surface area contributed by atoms with Crippen molar-refractivity contribution in [3.05, 3.63) is 23.8 Å². The van der Waals surface area contributed by atoms with Crippen LogP contribution in [0.2, 0.25) is 0 Å². The fourth-order valence-corrected chi connectivity index (χ4v) is 2.28. The minimum Gasteiger partial charge on any atom is -0.497 e. The molecule has 1 saturated heterocycles. The molecule has 2 atom stereocenters. The summed E-state index contributed by atoms with van der Waals surface area (Å²) >= 11 is 0. The molecule has 0 bridgehead atoms. The Labute approximate surface area is 102 Å². The summed E-state index contributed by atoms with van der Waals surface area (Å²) < 4.78 is 16.4. The van der Waals surface area contributed by atoms with Crippen molar-refractivity contribution >= 4 is 0 Å². The summed E-state index contributed by atoms with van der Waals surface area (Å²) in [5.41, 5.74) is 6.80. The van der Waals surface area contributed by atoms with Crippen LogP contribution >= 0.6 is 0 Å². The maximum absolute atomic E-state index is 5.77. The maximum Gasteiger partial charge on any atom is 0.124 e. The van der Waals surface area contributed by atoms with Crippen molar-refractivity contribution in [1.29, 1.82) is 0 Å². The maximum atomic E-state index is 5.77. The zero-order valence-corrected chi connectivity index (χ0v) is 10.3. The Kier molecular flexibility index (Phi) is 3.86. The number of ether oxygens (including phenoxy) is 3. The van der Waals surface area contributed by atoms with Gasteiger partial charge in [-0.15, -0.1) is 0 Å². The lowest BCUT2D eigenvalue weighted by Gasteiger charge is -2.20. The van der Waals surface area contributed by atoms with Crippen molar-refractivity contribution in [2.75, 3.05) is 27.4 Å². The fraction of sp³-hybridized carbons (Fsp3) is 0.538.